The fourth-order valence-corrected chi connectivity index (χ4v) is 1.56. The zero-order valence-electron chi connectivity index (χ0n) is 9.05. The predicted octanol–water partition coefficient (Wildman–Crippen LogP) is 1.02. The summed E-state index contributed by atoms with van der Waals surface area (Å²) in [5.74, 6) is 0.653. The topological polar surface area (TPSA) is 41.5 Å². The van der Waals surface area contributed by atoms with Crippen molar-refractivity contribution < 1.29 is 9.84 Å². The highest BCUT2D eigenvalue weighted by Gasteiger charge is 2.17. The predicted molar refractivity (Wildman–Crippen MR) is 54.8 cm³/mol. The molecule has 3 nitrogen and oxygen atoms in total. The smallest absolute Gasteiger partial charge is 0.0776 e. The van der Waals surface area contributed by atoms with E-state index in [1.165, 1.54) is 6.42 Å². The second-order valence-electron chi connectivity index (χ2n) is 3.20. The molecule has 0 amide bonds. The third-order valence-corrected chi connectivity index (χ3v) is 2.13. The fourth-order valence-electron chi connectivity index (χ4n) is 1.56. The van der Waals surface area contributed by atoms with Crippen LogP contribution in [0.15, 0.2) is 0 Å². The van der Waals surface area contributed by atoms with E-state index in [4.69, 9.17) is 4.74 Å². The van der Waals surface area contributed by atoms with Crippen molar-refractivity contribution in [2.45, 2.75) is 32.8 Å². The average molecular weight is 189 g/mol. The van der Waals surface area contributed by atoms with Crippen LogP contribution in [0.3, 0.4) is 0 Å². The molecule has 2 N–H and O–H groups in total. The van der Waals surface area contributed by atoms with Crippen LogP contribution >= 0.6 is 0 Å². The van der Waals surface area contributed by atoms with E-state index in [9.17, 15) is 5.11 Å². The van der Waals surface area contributed by atoms with Crippen LogP contribution in [-0.4, -0.2) is 38.0 Å². The van der Waals surface area contributed by atoms with Gasteiger partial charge >= 0.3 is 0 Å². The van der Waals surface area contributed by atoms with Gasteiger partial charge in [-0.2, -0.15) is 0 Å². The van der Waals surface area contributed by atoms with Crippen LogP contribution in [-0.2, 0) is 4.74 Å². The molecule has 1 fully saturated rings. The van der Waals surface area contributed by atoms with Crippen LogP contribution < -0.4 is 5.32 Å². The van der Waals surface area contributed by atoms with Gasteiger partial charge < -0.3 is 15.2 Å². The largest absolute Gasteiger partial charge is 0.391 e. The molecule has 1 aliphatic heterocycles. The van der Waals surface area contributed by atoms with Gasteiger partial charge in [0.1, 0.15) is 0 Å². The van der Waals surface area contributed by atoms with Gasteiger partial charge in [-0.3, -0.25) is 0 Å². The Hall–Kier alpha value is -0.120. The quantitative estimate of drug-likeness (QED) is 0.694. The highest BCUT2D eigenvalue weighted by Crippen LogP contribution is 2.14. The maximum Gasteiger partial charge on any atom is 0.0776 e. The first kappa shape index (κ1) is 12.9. The fraction of sp³-hybridized carbons (Fsp3) is 1.00. The molecule has 1 heterocycles. The molecule has 0 bridgehead atoms. The molecule has 0 aliphatic carbocycles. The summed E-state index contributed by atoms with van der Waals surface area (Å²) >= 11 is 0. The maximum absolute atomic E-state index is 9.36. The summed E-state index contributed by atoms with van der Waals surface area (Å²) in [5.41, 5.74) is 0. The minimum Gasteiger partial charge on any atom is -0.391 e. The van der Waals surface area contributed by atoms with Gasteiger partial charge in [0.25, 0.3) is 0 Å². The number of nitrogens with one attached hydrogen (secondary N) is 1. The molecule has 1 rings (SSSR count). The molecule has 0 saturated carbocycles. The average Bonchev–Trinajstić information content (AvgIpc) is 2.61. The molecule has 1 aliphatic rings. The van der Waals surface area contributed by atoms with Crippen molar-refractivity contribution in [2.75, 3.05) is 26.8 Å². The zero-order chi connectivity index (χ0) is 10.1. The molecule has 80 valence electrons. The van der Waals surface area contributed by atoms with Gasteiger partial charge in [0.2, 0.25) is 0 Å². The minimum atomic E-state index is -0.273. The minimum absolute atomic E-state index is 0.273. The van der Waals surface area contributed by atoms with Crippen molar-refractivity contribution in [1.82, 2.24) is 5.32 Å². The molecule has 1 saturated heterocycles. The van der Waals surface area contributed by atoms with E-state index in [0.29, 0.717) is 12.5 Å². The van der Waals surface area contributed by atoms with Crippen molar-refractivity contribution in [3.05, 3.63) is 0 Å². The third kappa shape index (κ3) is 6.02. The van der Waals surface area contributed by atoms with Gasteiger partial charge in [-0.25, -0.2) is 0 Å². The van der Waals surface area contributed by atoms with Crippen molar-refractivity contribution in [3.8, 4) is 0 Å². The lowest BCUT2D eigenvalue weighted by Gasteiger charge is -2.13. The maximum atomic E-state index is 9.36. The van der Waals surface area contributed by atoms with E-state index in [0.717, 1.165) is 19.5 Å². The first-order chi connectivity index (χ1) is 6.33. The molecule has 2 atom stereocenters. The van der Waals surface area contributed by atoms with Gasteiger partial charge in [-0.1, -0.05) is 13.8 Å². The second kappa shape index (κ2) is 8.48. The Kier molecular flexibility index (Phi) is 8.40. The van der Waals surface area contributed by atoms with Gasteiger partial charge in [0.15, 0.2) is 0 Å². The SMILES string of the molecule is CC.COCC(O)CC1CCNC1. The van der Waals surface area contributed by atoms with Crippen molar-refractivity contribution in [2.24, 2.45) is 5.92 Å². The molecule has 0 radical (unpaired) electrons. The number of aliphatic hydroxyl groups excluding tert-OH is 1. The van der Waals surface area contributed by atoms with Gasteiger partial charge in [-0.15, -0.1) is 0 Å². The van der Waals surface area contributed by atoms with Crippen LogP contribution in [0.2, 0.25) is 0 Å². The normalized spacial score (nSPS) is 23.5. The van der Waals surface area contributed by atoms with Gasteiger partial charge in [0.05, 0.1) is 12.7 Å². The van der Waals surface area contributed by atoms with Crippen LogP contribution in [0.4, 0.5) is 0 Å². The number of hydrogen-bond acceptors (Lipinski definition) is 3. The van der Waals surface area contributed by atoms with E-state index < -0.39 is 0 Å². The summed E-state index contributed by atoms with van der Waals surface area (Å²) in [6.45, 7) is 6.63. The molecular formula is C10H23NO2. The Morgan fingerprint density at radius 2 is 2.23 bits per heavy atom. The summed E-state index contributed by atoms with van der Waals surface area (Å²) in [7, 11) is 1.62. The van der Waals surface area contributed by atoms with Crippen molar-refractivity contribution in [1.29, 1.82) is 0 Å². The Bertz CT molecular complexity index is 103. The zero-order valence-corrected chi connectivity index (χ0v) is 9.05. The molecule has 13 heavy (non-hydrogen) atoms. The Labute approximate surface area is 81.5 Å². The van der Waals surface area contributed by atoms with Crippen molar-refractivity contribution >= 4 is 0 Å². The molecule has 0 aromatic carbocycles. The highest BCUT2D eigenvalue weighted by atomic mass is 16.5. The van der Waals surface area contributed by atoms with Crippen LogP contribution in [0.5, 0.6) is 0 Å². The Morgan fingerprint density at radius 1 is 1.54 bits per heavy atom. The summed E-state index contributed by atoms with van der Waals surface area (Å²) < 4.78 is 4.84. The lowest BCUT2D eigenvalue weighted by Crippen LogP contribution is -2.20. The summed E-state index contributed by atoms with van der Waals surface area (Å²) in [5, 5.41) is 12.6. The third-order valence-electron chi connectivity index (χ3n) is 2.13. The molecule has 2 unspecified atom stereocenters. The van der Waals surface area contributed by atoms with Gasteiger partial charge in [-0.05, 0) is 31.8 Å². The van der Waals surface area contributed by atoms with E-state index >= 15 is 0 Å². The summed E-state index contributed by atoms with van der Waals surface area (Å²) in [6.07, 6.45) is 1.80. The molecule has 0 aromatic rings. The summed E-state index contributed by atoms with van der Waals surface area (Å²) in [4.78, 5) is 0. The first-order valence-corrected chi connectivity index (χ1v) is 5.20. The molecule has 3 heteroatoms. The number of hydrogen-bond donors (Lipinski definition) is 2. The molecular weight excluding hydrogens is 166 g/mol. The summed E-state index contributed by atoms with van der Waals surface area (Å²) in [6, 6.07) is 0. The monoisotopic (exact) mass is 189 g/mol. The number of rotatable bonds is 4. The molecule has 0 aromatic heterocycles. The second-order valence-corrected chi connectivity index (χ2v) is 3.20. The van der Waals surface area contributed by atoms with E-state index in [2.05, 4.69) is 5.32 Å². The van der Waals surface area contributed by atoms with E-state index in [-0.39, 0.29) is 6.10 Å². The Morgan fingerprint density at radius 3 is 2.69 bits per heavy atom. The van der Waals surface area contributed by atoms with E-state index in [1.54, 1.807) is 7.11 Å². The van der Waals surface area contributed by atoms with Gasteiger partial charge in [0, 0.05) is 7.11 Å². The highest BCUT2D eigenvalue weighted by molar-refractivity contribution is 4.73. The lowest BCUT2D eigenvalue weighted by atomic mass is 10.0. The number of ether oxygens (including phenoxy) is 1. The lowest BCUT2D eigenvalue weighted by molar-refractivity contribution is 0.0500. The molecule has 0 spiro atoms. The first-order valence-electron chi connectivity index (χ1n) is 5.20. The Balaban J connectivity index is 0.000000671. The van der Waals surface area contributed by atoms with Crippen LogP contribution in [0.1, 0.15) is 26.7 Å². The number of aliphatic hydroxyl groups is 1. The standard InChI is InChI=1S/C8H17NO2.C2H6/c1-11-6-8(10)4-7-2-3-9-5-7;1-2/h7-10H,2-6H2,1H3;1-2H3. The van der Waals surface area contributed by atoms with Crippen molar-refractivity contribution in [3.63, 3.8) is 0 Å². The van der Waals surface area contributed by atoms with Crippen LogP contribution in [0.25, 0.3) is 0 Å². The van der Waals surface area contributed by atoms with E-state index in [1.807, 2.05) is 13.8 Å². The number of methoxy groups -OCH3 is 1. The van der Waals surface area contributed by atoms with Crippen LogP contribution in [0, 0.1) is 5.92 Å².